The monoisotopic (exact) mass is 241 g/mol. The van der Waals surface area contributed by atoms with Gasteiger partial charge in [0.05, 0.1) is 12.0 Å². The average Bonchev–Trinajstić information content (AvgIpc) is 2.28. The van der Waals surface area contributed by atoms with Gasteiger partial charge in [0.15, 0.2) is 0 Å². The summed E-state index contributed by atoms with van der Waals surface area (Å²) in [6, 6.07) is 6.04. The van der Waals surface area contributed by atoms with Gasteiger partial charge in [0.25, 0.3) is 5.69 Å². The van der Waals surface area contributed by atoms with Crippen molar-refractivity contribution in [1.29, 1.82) is 0 Å². The molecule has 0 aromatic heterocycles. The van der Waals surface area contributed by atoms with Crippen LogP contribution >= 0.6 is 11.8 Å². The molecule has 16 heavy (non-hydrogen) atoms. The van der Waals surface area contributed by atoms with E-state index in [1.807, 2.05) is 0 Å². The van der Waals surface area contributed by atoms with E-state index < -0.39 is 4.92 Å². The van der Waals surface area contributed by atoms with Crippen LogP contribution in [0.4, 0.5) is 5.69 Å². The average molecular weight is 241 g/mol. The van der Waals surface area contributed by atoms with Crippen LogP contribution in [0.2, 0.25) is 0 Å². The van der Waals surface area contributed by atoms with Crippen molar-refractivity contribution in [2.75, 3.05) is 7.11 Å². The standard InChI is InChI=1S/C10H11NO4S/c1-7(10(12)15-2)16-9-5-3-8(4-6-9)11(13)14/h3-7H,1-2H3. The van der Waals surface area contributed by atoms with E-state index >= 15 is 0 Å². The highest BCUT2D eigenvalue weighted by atomic mass is 32.2. The van der Waals surface area contributed by atoms with Crippen LogP contribution in [0.5, 0.6) is 0 Å². The predicted molar refractivity (Wildman–Crippen MR) is 60.4 cm³/mol. The van der Waals surface area contributed by atoms with Crippen molar-refractivity contribution < 1.29 is 14.5 Å². The molecule has 1 unspecified atom stereocenters. The Bertz CT molecular complexity index is 390. The lowest BCUT2D eigenvalue weighted by atomic mass is 10.3. The Labute approximate surface area is 96.9 Å². The molecule has 0 aliphatic rings. The molecule has 0 spiro atoms. The fourth-order valence-electron chi connectivity index (χ4n) is 1.06. The second kappa shape index (κ2) is 5.50. The van der Waals surface area contributed by atoms with Gasteiger partial charge in [-0.3, -0.25) is 14.9 Å². The van der Waals surface area contributed by atoms with Gasteiger partial charge in [-0.1, -0.05) is 0 Å². The minimum Gasteiger partial charge on any atom is -0.468 e. The van der Waals surface area contributed by atoms with E-state index in [1.165, 1.54) is 31.0 Å². The number of nitrogens with zero attached hydrogens (tertiary/aromatic N) is 1. The van der Waals surface area contributed by atoms with Crippen molar-refractivity contribution in [1.82, 2.24) is 0 Å². The van der Waals surface area contributed by atoms with Gasteiger partial charge in [0, 0.05) is 17.0 Å². The Hall–Kier alpha value is -1.56. The number of non-ortho nitro benzene ring substituents is 1. The number of esters is 1. The molecule has 0 N–H and O–H groups in total. The van der Waals surface area contributed by atoms with Crippen LogP contribution < -0.4 is 0 Å². The Morgan fingerprint density at radius 3 is 2.44 bits per heavy atom. The van der Waals surface area contributed by atoms with Gasteiger partial charge in [-0.25, -0.2) is 0 Å². The number of methoxy groups -OCH3 is 1. The molecule has 0 amide bonds. The molecular weight excluding hydrogens is 230 g/mol. The first kappa shape index (κ1) is 12.5. The summed E-state index contributed by atoms with van der Waals surface area (Å²) in [6.45, 7) is 1.72. The molecule has 1 aromatic carbocycles. The summed E-state index contributed by atoms with van der Waals surface area (Å²) in [5.41, 5.74) is 0.0371. The van der Waals surface area contributed by atoms with E-state index in [2.05, 4.69) is 4.74 Å². The Kier molecular flexibility index (Phi) is 4.30. The maximum absolute atomic E-state index is 11.1. The van der Waals surface area contributed by atoms with Crippen molar-refractivity contribution in [3.05, 3.63) is 34.4 Å². The summed E-state index contributed by atoms with van der Waals surface area (Å²) in [5, 5.41) is 10.1. The van der Waals surface area contributed by atoms with Crippen molar-refractivity contribution in [3.8, 4) is 0 Å². The zero-order valence-corrected chi connectivity index (χ0v) is 9.69. The van der Waals surface area contributed by atoms with Gasteiger partial charge in [-0.2, -0.15) is 0 Å². The van der Waals surface area contributed by atoms with Crippen LogP contribution in [0.3, 0.4) is 0 Å². The van der Waals surface area contributed by atoms with Crippen molar-refractivity contribution in [3.63, 3.8) is 0 Å². The fourth-order valence-corrected chi connectivity index (χ4v) is 1.96. The number of carbonyl (C=O) groups excluding carboxylic acids is 1. The highest BCUT2D eigenvalue weighted by Gasteiger charge is 2.14. The third-order valence-electron chi connectivity index (χ3n) is 1.89. The van der Waals surface area contributed by atoms with E-state index in [4.69, 9.17) is 0 Å². The molecule has 0 heterocycles. The smallest absolute Gasteiger partial charge is 0.318 e. The number of nitro benzene ring substituents is 1. The highest BCUT2D eigenvalue weighted by molar-refractivity contribution is 8.00. The topological polar surface area (TPSA) is 69.4 Å². The Balaban J connectivity index is 2.68. The third kappa shape index (κ3) is 3.23. The fraction of sp³-hybridized carbons (Fsp3) is 0.300. The molecular formula is C10H11NO4S. The molecule has 1 atom stereocenters. The zero-order valence-electron chi connectivity index (χ0n) is 8.88. The molecule has 0 bridgehead atoms. The first-order chi connectivity index (χ1) is 7.54. The van der Waals surface area contributed by atoms with Crippen LogP contribution in [0.25, 0.3) is 0 Å². The lowest BCUT2D eigenvalue weighted by Crippen LogP contribution is -2.14. The molecule has 0 fully saturated rings. The molecule has 0 radical (unpaired) electrons. The minimum atomic E-state index is -0.460. The number of rotatable bonds is 4. The molecule has 0 aliphatic heterocycles. The number of hydrogen-bond acceptors (Lipinski definition) is 5. The number of ether oxygens (including phenoxy) is 1. The van der Waals surface area contributed by atoms with Gasteiger partial charge in [0.2, 0.25) is 0 Å². The van der Waals surface area contributed by atoms with E-state index in [1.54, 1.807) is 19.1 Å². The minimum absolute atomic E-state index is 0.0371. The summed E-state index contributed by atoms with van der Waals surface area (Å²) in [7, 11) is 1.33. The predicted octanol–water partition coefficient (Wildman–Crippen LogP) is 2.25. The van der Waals surface area contributed by atoms with E-state index in [9.17, 15) is 14.9 Å². The van der Waals surface area contributed by atoms with Crippen LogP contribution in [0.15, 0.2) is 29.2 Å². The van der Waals surface area contributed by atoms with E-state index in [-0.39, 0.29) is 16.9 Å². The molecule has 86 valence electrons. The number of benzene rings is 1. The van der Waals surface area contributed by atoms with Crippen molar-refractivity contribution in [2.24, 2.45) is 0 Å². The maximum atomic E-state index is 11.1. The molecule has 6 heteroatoms. The van der Waals surface area contributed by atoms with Gasteiger partial charge >= 0.3 is 5.97 Å². The van der Waals surface area contributed by atoms with Crippen molar-refractivity contribution in [2.45, 2.75) is 17.1 Å². The molecule has 0 saturated carbocycles. The molecule has 5 nitrogen and oxygen atoms in total. The second-order valence-electron chi connectivity index (χ2n) is 3.03. The zero-order chi connectivity index (χ0) is 12.1. The van der Waals surface area contributed by atoms with Crippen LogP contribution in [0.1, 0.15) is 6.92 Å². The number of hydrogen-bond donors (Lipinski definition) is 0. The summed E-state index contributed by atoms with van der Waals surface area (Å²) in [6.07, 6.45) is 0. The van der Waals surface area contributed by atoms with Gasteiger partial charge < -0.3 is 4.74 Å². The number of nitro groups is 1. The molecule has 1 rings (SSSR count). The highest BCUT2D eigenvalue weighted by Crippen LogP contribution is 2.25. The van der Waals surface area contributed by atoms with Crippen LogP contribution in [-0.4, -0.2) is 23.3 Å². The summed E-state index contributed by atoms with van der Waals surface area (Å²) in [4.78, 5) is 21.9. The SMILES string of the molecule is COC(=O)C(C)Sc1ccc([N+](=O)[O-])cc1. The lowest BCUT2D eigenvalue weighted by molar-refractivity contribution is -0.384. The van der Waals surface area contributed by atoms with E-state index in [0.29, 0.717) is 0 Å². The van der Waals surface area contributed by atoms with Crippen LogP contribution in [-0.2, 0) is 9.53 Å². The maximum Gasteiger partial charge on any atom is 0.318 e. The summed E-state index contributed by atoms with van der Waals surface area (Å²) in [5.74, 6) is -0.316. The number of thioether (sulfide) groups is 1. The van der Waals surface area contributed by atoms with Gasteiger partial charge in [0.1, 0.15) is 5.25 Å². The van der Waals surface area contributed by atoms with Crippen LogP contribution in [0, 0.1) is 10.1 Å². The lowest BCUT2D eigenvalue weighted by Gasteiger charge is -2.07. The number of carbonyl (C=O) groups is 1. The van der Waals surface area contributed by atoms with Crippen molar-refractivity contribution >= 4 is 23.4 Å². The van der Waals surface area contributed by atoms with Gasteiger partial charge in [-0.05, 0) is 19.1 Å². The molecule has 1 aromatic rings. The summed E-state index contributed by atoms with van der Waals surface area (Å²) >= 11 is 1.30. The van der Waals surface area contributed by atoms with E-state index in [0.717, 1.165) is 4.90 Å². The summed E-state index contributed by atoms with van der Waals surface area (Å²) < 4.78 is 4.58. The Morgan fingerprint density at radius 1 is 1.44 bits per heavy atom. The second-order valence-corrected chi connectivity index (χ2v) is 4.45. The first-order valence-corrected chi connectivity index (χ1v) is 5.41. The molecule has 0 saturated heterocycles. The quantitative estimate of drug-likeness (QED) is 0.350. The molecule has 0 aliphatic carbocycles. The largest absolute Gasteiger partial charge is 0.468 e. The first-order valence-electron chi connectivity index (χ1n) is 4.53. The normalized spacial score (nSPS) is 11.9. The Morgan fingerprint density at radius 2 is 2.00 bits per heavy atom. The third-order valence-corrected chi connectivity index (χ3v) is 2.98. The van der Waals surface area contributed by atoms with Gasteiger partial charge in [-0.15, -0.1) is 11.8 Å².